The molecule has 0 saturated carbocycles. The summed E-state index contributed by atoms with van der Waals surface area (Å²) in [5.41, 5.74) is 1.15. The molecule has 0 amide bonds. The van der Waals surface area contributed by atoms with E-state index in [1.807, 2.05) is 18.2 Å². The van der Waals surface area contributed by atoms with Crippen LogP contribution in [0.1, 0.15) is 33.6 Å². The van der Waals surface area contributed by atoms with Crippen molar-refractivity contribution < 1.29 is 4.74 Å². The number of hydrogen-bond acceptors (Lipinski definition) is 4. The van der Waals surface area contributed by atoms with Gasteiger partial charge in [0.1, 0.15) is 5.75 Å². The number of ether oxygens (including phenoxy) is 1. The van der Waals surface area contributed by atoms with Crippen molar-refractivity contribution in [3.8, 4) is 5.75 Å². The molecule has 3 nitrogen and oxygen atoms in total. The third-order valence-electron chi connectivity index (χ3n) is 3.56. The smallest absolute Gasteiger partial charge is 0.184 e. The van der Waals surface area contributed by atoms with Gasteiger partial charge < -0.3 is 10.1 Å². The summed E-state index contributed by atoms with van der Waals surface area (Å²) in [5.74, 6) is 0.881. The van der Waals surface area contributed by atoms with E-state index in [1.54, 1.807) is 18.4 Å². The Balaban J connectivity index is 2.30. The van der Waals surface area contributed by atoms with Crippen LogP contribution in [-0.4, -0.2) is 17.6 Å². The Bertz CT molecular complexity index is 532. The first-order chi connectivity index (χ1) is 8.60. The van der Waals surface area contributed by atoms with Crippen LogP contribution in [0.5, 0.6) is 5.75 Å². The first-order valence-corrected chi connectivity index (χ1v) is 7.14. The van der Waals surface area contributed by atoms with Gasteiger partial charge in [0.05, 0.1) is 17.3 Å². The quantitative estimate of drug-likeness (QED) is 0.874. The van der Waals surface area contributed by atoms with E-state index in [4.69, 9.17) is 4.74 Å². The van der Waals surface area contributed by atoms with Gasteiger partial charge in [0.15, 0.2) is 5.13 Å². The number of thiazole rings is 1. The Morgan fingerprint density at radius 2 is 2.06 bits per heavy atom. The summed E-state index contributed by atoms with van der Waals surface area (Å²) in [7, 11) is 1.69. The number of methoxy groups -OCH3 is 1. The third-order valence-corrected chi connectivity index (χ3v) is 4.50. The van der Waals surface area contributed by atoms with Crippen molar-refractivity contribution in [2.45, 2.75) is 39.2 Å². The molecule has 4 heteroatoms. The lowest BCUT2D eigenvalue weighted by molar-refractivity contribution is 0.415. The zero-order valence-corrected chi connectivity index (χ0v) is 12.2. The topological polar surface area (TPSA) is 34.2 Å². The molecule has 0 unspecified atom stereocenters. The molecule has 1 heterocycles. The molecular formula is C14H20N2OS. The summed E-state index contributed by atoms with van der Waals surface area (Å²) in [6, 6.07) is 5.99. The van der Waals surface area contributed by atoms with Gasteiger partial charge in [-0.25, -0.2) is 4.98 Å². The molecule has 0 aliphatic carbocycles. The summed E-state index contributed by atoms with van der Waals surface area (Å²) in [6.45, 7) is 6.64. The number of fused-ring (bicyclic) bond motifs is 1. The van der Waals surface area contributed by atoms with E-state index in [9.17, 15) is 0 Å². The van der Waals surface area contributed by atoms with E-state index in [-0.39, 0.29) is 5.54 Å². The van der Waals surface area contributed by atoms with E-state index < -0.39 is 0 Å². The summed E-state index contributed by atoms with van der Waals surface area (Å²) < 4.78 is 6.39. The van der Waals surface area contributed by atoms with Crippen molar-refractivity contribution in [1.29, 1.82) is 0 Å². The van der Waals surface area contributed by atoms with Crippen molar-refractivity contribution >= 4 is 26.7 Å². The molecule has 0 aliphatic rings. The minimum Gasteiger partial charge on any atom is -0.497 e. The van der Waals surface area contributed by atoms with Crippen molar-refractivity contribution in [2.75, 3.05) is 12.4 Å². The van der Waals surface area contributed by atoms with Gasteiger partial charge >= 0.3 is 0 Å². The largest absolute Gasteiger partial charge is 0.497 e. The second-order valence-corrected chi connectivity index (χ2v) is 5.78. The SMILES string of the molecule is CCC(C)(CC)Nc1nc2ccc(OC)cc2s1. The average molecular weight is 264 g/mol. The molecule has 0 radical (unpaired) electrons. The van der Waals surface area contributed by atoms with Crippen LogP contribution in [0.2, 0.25) is 0 Å². The van der Waals surface area contributed by atoms with Gasteiger partial charge in [0, 0.05) is 5.54 Å². The Hall–Kier alpha value is -1.29. The fourth-order valence-electron chi connectivity index (χ4n) is 1.77. The second kappa shape index (κ2) is 5.14. The first kappa shape index (κ1) is 13.1. The summed E-state index contributed by atoms with van der Waals surface area (Å²) in [6.07, 6.45) is 2.17. The lowest BCUT2D eigenvalue weighted by atomic mass is 9.96. The van der Waals surface area contributed by atoms with Crippen LogP contribution in [0.15, 0.2) is 18.2 Å². The van der Waals surface area contributed by atoms with E-state index in [1.165, 1.54) is 0 Å². The van der Waals surface area contributed by atoms with Crippen LogP contribution in [0, 0.1) is 0 Å². The molecule has 98 valence electrons. The fourth-order valence-corrected chi connectivity index (χ4v) is 2.81. The van der Waals surface area contributed by atoms with Gasteiger partial charge in [-0.15, -0.1) is 0 Å². The average Bonchev–Trinajstić information content (AvgIpc) is 2.79. The lowest BCUT2D eigenvalue weighted by Crippen LogP contribution is -2.32. The van der Waals surface area contributed by atoms with Crippen LogP contribution < -0.4 is 10.1 Å². The minimum atomic E-state index is 0.123. The predicted octanol–water partition coefficient (Wildman–Crippen LogP) is 4.30. The normalized spacial score (nSPS) is 11.8. The molecule has 0 spiro atoms. The monoisotopic (exact) mass is 264 g/mol. The molecule has 0 saturated heterocycles. The highest BCUT2D eigenvalue weighted by molar-refractivity contribution is 7.22. The van der Waals surface area contributed by atoms with Crippen LogP contribution in [-0.2, 0) is 0 Å². The number of nitrogens with zero attached hydrogens (tertiary/aromatic N) is 1. The number of anilines is 1. The Morgan fingerprint density at radius 1 is 1.33 bits per heavy atom. The third kappa shape index (κ3) is 2.58. The highest BCUT2D eigenvalue weighted by atomic mass is 32.1. The van der Waals surface area contributed by atoms with Crippen molar-refractivity contribution in [3.05, 3.63) is 18.2 Å². The summed E-state index contributed by atoms with van der Waals surface area (Å²) in [4.78, 5) is 4.62. The molecule has 0 fully saturated rings. The standard InChI is InChI=1S/C14H20N2OS/c1-5-14(3,6-2)16-13-15-11-8-7-10(17-4)9-12(11)18-13/h7-9H,5-6H2,1-4H3,(H,15,16). The molecular weight excluding hydrogens is 244 g/mol. The first-order valence-electron chi connectivity index (χ1n) is 6.33. The van der Waals surface area contributed by atoms with Gasteiger partial charge in [-0.3, -0.25) is 0 Å². The minimum absolute atomic E-state index is 0.123. The van der Waals surface area contributed by atoms with Gasteiger partial charge in [0.25, 0.3) is 0 Å². The van der Waals surface area contributed by atoms with Crippen molar-refractivity contribution in [1.82, 2.24) is 4.98 Å². The number of rotatable bonds is 5. The second-order valence-electron chi connectivity index (χ2n) is 4.75. The maximum Gasteiger partial charge on any atom is 0.184 e. The summed E-state index contributed by atoms with van der Waals surface area (Å²) in [5, 5.41) is 4.54. The van der Waals surface area contributed by atoms with Crippen LogP contribution in [0.25, 0.3) is 10.2 Å². The number of nitrogens with one attached hydrogen (secondary N) is 1. The van der Waals surface area contributed by atoms with E-state index in [0.29, 0.717) is 0 Å². The van der Waals surface area contributed by atoms with Gasteiger partial charge in [0.2, 0.25) is 0 Å². The Labute approximate surface area is 112 Å². The van der Waals surface area contributed by atoms with Crippen LogP contribution >= 0.6 is 11.3 Å². The molecule has 1 aromatic heterocycles. The van der Waals surface area contributed by atoms with E-state index in [0.717, 1.165) is 33.9 Å². The molecule has 2 aromatic rings. The van der Waals surface area contributed by atoms with E-state index in [2.05, 4.69) is 31.1 Å². The lowest BCUT2D eigenvalue weighted by Gasteiger charge is -2.27. The molecule has 0 aliphatic heterocycles. The van der Waals surface area contributed by atoms with Crippen LogP contribution in [0.3, 0.4) is 0 Å². The maximum atomic E-state index is 5.23. The Morgan fingerprint density at radius 3 is 2.67 bits per heavy atom. The summed E-state index contributed by atoms with van der Waals surface area (Å²) >= 11 is 1.68. The van der Waals surface area contributed by atoms with Crippen molar-refractivity contribution in [2.24, 2.45) is 0 Å². The molecule has 0 atom stereocenters. The highest BCUT2D eigenvalue weighted by Crippen LogP contribution is 2.31. The number of aromatic nitrogens is 1. The fraction of sp³-hybridized carbons (Fsp3) is 0.500. The van der Waals surface area contributed by atoms with Gasteiger partial charge in [-0.2, -0.15) is 0 Å². The maximum absolute atomic E-state index is 5.23. The molecule has 1 N–H and O–H groups in total. The molecule has 0 bridgehead atoms. The molecule has 1 aromatic carbocycles. The van der Waals surface area contributed by atoms with Crippen molar-refractivity contribution in [3.63, 3.8) is 0 Å². The van der Waals surface area contributed by atoms with E-state index >= 15 is 0 Å². The molecule has 18 heavy (non-hydrogen) atoms. The number of hydrogen-bond donors (Lipinski definition) is 1. The Kier molecular flexibility index (Phi) is 3.76. The van der Waals surface area contributed by atoms with Crippen LogP contribution in [0.4, 0.5) is 5.13 Å². The zero-order chi connectivity index (χ0) is 13.2. The highest BCUT2D eigenvalue weighted by Gasteiger charge is 2.20. The molecule has 2 rings (SSSR count). The van der Waals surface area contributed by atoms with Gasteiger partial charge in [-0.05, 0) is 38.0 Å². The zero-order valence-electron chi connectivity index (χ0n) is 11.4. The predicted molar refractivity (Wildman–Crippen MR) is 78.8 cm³/mol. The number of benzene rings is 1. The van der Waals surface area contributed by atoms with Gasteiger partial charge in [-0.1, -0.05) is 25.2 Å².